The fraction of sp³-hybridized carbons (Fsp3) is 0.200. The number of hydrogen-bond acceptors (Lipinski definition) is 5. The lowest BCUT2D eigenvalue weighted by atomic mass is 10.2. The van der Waals surface area contributed by atoms with E-state index in [1.54, 1.807) is 41.4 Å². The second-order valence-electron chi connectivity index (χ2n) is 6.68. The summed E-state index contributed by atoms with van der Waals surface area (Å²) >= 11 is 0. The molecule has 1 aliphatic rings. The molecule has 0 bridgehead atoms. The number of amides is 1. The zero-order chi connectivity index (χ0) is 20.4. The number of aromatic nitrogens is 2. The number of piperazine rings is 1. The zero-order valence-corrected chi connectivity index (χ0v) is 15.4. The second kappa shape index (κ2) is 7.70. The first-order valence-corrected chi connectivity index (χ1v) is 9.11. The van der Waals surface area contributed by atoms with Gasteiger partial charge in [-0.2, -0.15) is 5.10 Å². The predicted octanol–water partition coefficient (Wildman–Crippen LogP) is 2.88. The summed E-state index contributed by atoms with van der Waals surface area (Å²) in [6, 6.07) is 14.0. The van der Waals surface area contributed by atoms with Gasteiger partial charge in [0.15, 0.2) is 5.69 Å². The SMILES string of the molecule is O=C(c1ccn(-c2cccc([N+](=O)[O-])c2)n1)N1CCN(c2ccc(F)cc2)CC1. The van der Waals surface area contributed by atoms with Crippen LogP contribution in [0.4, 0.5) is 15.8 Å². The van der Waals surface area contributed by atoms with E-state index in [1.165, 1.54) is 28.9 Å². The average Bonchev–Trinajstić information content (AvgIpc) is 3.24. The van der Waals surface area contributed by atoms with Crippen molar-refractivity contribution < 1.29 is 14.1 Å². The van der Waals surface area contributed by atoms with Gasteiger partial charge in [-0.25, -0.2) is 9.07 Å². The van der Waals surface area contributed by atoms with E-state index < -0.39 is 4.92 Å². The molecule has 2 heterocycles. The molecule has 1 saturated heterocycles. The number of rotatable bonds is 4. The van der Waals surface area contributed by atoms with Crippen LogP contribution in [0.5, 0.6) is 0 Å². The molecule has 1 fully saturated rings. The Morgan fingerprint density at radius 2 is 1.72 bits per heavy atom. The summed E-state index contributed by atoms with van der Waals surface area (Å²) in [6.45, 7) is 2.34. The molecule has 9 heteroatoms. The van der Waals surface area contributed by atoms with Crippen LogP contribution >= 0.6 is 0 Å². The van der Waals surface area contributed by atoms with Crippen molar-refractivity contribution in [1.29, 1.82) is 0 Å². The molecule has 8 nitrogen and oxygen atoms in total. The highest BCUT2D eigenvalue weighted by Crippen LogP contribution is 2.19. The Kier molecular flexibility index (Phi) is 4.94. The molecule has 0 atom stereocenters. The van der Waals surface area contributed by atoms with Gasteiger partial charge in [-0.3, -0.25) is 14.9 Å². The third kappa shape index (κ3) is 3.93. The monoisotopic (exact) mass is 395 g/mol. The first-order chi connectivity index (χ1) is 14.0. The Bertz CT molecular complexity index is 1040. The van der Waals surface area contributed by atoms with Crippen molar-refractivity contribution in [3.05, 3.63) is 82.4 Å². The van der Waals surface area contributed by atoms with Gasteiger partial charge in [0, 0.05) is 50.2 Å². The molecule has 1 amide bonds. The number of non-ortho nitro benzene ring substituents is 1. The maximum absolute atomic E-state index is 13.1. The molecule has 3 aromatic rings. The van der Waals surface area contributed by atoms with Gasteiger partial charge in [-0.1, -0.05) is 6.07 Å². The van der Waals surface area contributed by atoms with Gasteiger partial charge in [-0.05, 0) is 36.4 Å². The highest BCUT2D eigenvalue weighted by atomic mass is 19.1. The van der Waals surface area contributed by atoms with Gasteiger partial charge in [0.2, 0.25) is 0 Å². The number of nitro benzene ring substituents is 1. The second-order valence-corrected chi connectivity index (χ2v) is 6.68. The van der Waals surface area contributed by atoms with Crippen LogP contribution in [0.1, 0.15) is 10.5 Å². The van der Waals surface area contributed by atoms with Crippen molar-refractivity contribution >= 4 is 17.3 Å². The van der Waals surface area contributed by atoms with E-state index in [9.17, 15) is 19.3 Å². The Labute approximate surface area is 165 Å². The van der Waals surface area contributed by atoms with Gasteiger partial charge >= 0.3 is 0 Å². The summed E-state index contributed by atoms with van der Waals surface area (Å²) in [4.78, 5) is 27.1. The van der Waals surface area contributed by atoms with Crippen molar-refractivity contribution in [1.82, 2.24) is 14.7 Å². The minimum Gasteiger partial charge on any atom is -0.368 e. The van der Waals surface area contributed by atoms with E-state index in [2.05, 4.69) is 10.00 Å². The van der Waals surface area contributed by atoms with Crippen LogP contribution in [-0.4, -0.2) is 51.7 Å². The average molecular weight is 395 g/mol. The third-order valence-electron chi connectivity index (χ3n) is 4.87. The first-order valence-electron chi connectivity index (χ1n) is 9.11. The normalized spacial score (nSPS) is 14.1. The molecule has 0 radical (unpaired) electrons. The van der Waals surface area contributed by atoms with E-state index in [0.717, 1.165) is 5.69 Å². The van der Waals surface area contributed by atoms with Crippen molar-refractivity contribution in [2.24, 2.45) is 0 Å². The van der Waals surface area contributed by atoms with Gasteiger partial charge in [0.05, 0.1) is 10.6 Å². The zero-order valence-electron chi connectivity index (χ0n) is 15.4. The third-order valence-corrected chi connectivity index (χ3v) is 4.87. The highest BCUT2D eigenvalue weighted by molar-refractivity contribution is 5.92. The molecular formula is C20H18FN5O3. The highest BCUT2D eigenvalue weighted by Gasteiger charge is 2.24. The van der Waals surface area contributed by atoms with Crippen molar-refractivity contribution in [3.63, 3.8) is 0 Å². The lowest BCUT2D eigenvalue weighted by Crippen LogP contribution is -2.48. The van der Waals surface area contributed by atoms with E-state index in [-0.39, 0.29) is 23.1 Å². The molecule has 4 rings (SSSR count). The molecule has 0 N–H and O–H groups in total. The lowest BCUT2D eigenvalue weighted by molar-refractivity contribution is -0.384. The molecule has 1 aliphatic heterocycles. The van der Waals surface area contributed by atoms with Gasteiger partial charge < -0.3 is 9.80 Å². The first kappa shape index (κ1) is 18.6. The Hall–Kier alpha value is -3.75. The summed E-state index contributed by atoms with van der Waals surface area (Å²) in [7, 11) is 0. The van der Waals surface area contributed by atoms with Crippen LogP contribution in [0.2, 0.25) is 0 Å². The number of nitro groups is 1. The number of carbonyl (C=O) groups is 1. The molecule has 0 spiro atoms. The minimum atomic E-state index is -0.473. The summed E-state index contributed by atoms with van der Waals surface area (Å²) < 4.78 is 14.5. The van der Waals surface area contributed by atoms with Gasteiger partial charge in [0.25, 0.3) is 11.6 Å². The molecule has 2 aromatic carbocycles. The number of benzene rings is 2. The number of halogens is 1. The summed E-state index contributed by atoms with van der Waals surface area (Å²) in [6.07, 6.45) is 1.61. The fourth-order valence-corrected chi connectivity index (χ4v) is 3.31. The van der Waals surface area contributed by atoms with E-state index >= 15 is 0 Å². The van der Waals surface area contributed by atoms with Gasteiger partial charge in [0.1, 0.15) is 5.82 Å². The summed E-state index contributed by atoms with van der Waals surface area (Å²) in [5.74, 6) is -0.463. The fourth-order valence-electron chi connectivity index (χ4n) is 3.31. The molecule has 148 valence electrons. The predicted molar refractivity (Wildman–Crippen MR) is 105 cm³/mol. The topological polar surface area (TPSA) is 84.5 Å². The molecule has 0 aliphatic carbocycles. The number of carbonyl (C=O) groups excluding carboxylic acids is 1. The molecule has 29 heavy (non-hydrogen) atoms. The Balaban J connectivity index is 1.43. The van der Waals surface area contributed by atoms with Crippen molar-refractivity contribution in [2.75, 3.05) is 31.1 Å². The number of nitrogens with zero attached hydrogens (tertiary/aromatic N) is 5. The van der Waals surface area contributed by atoms with Crippen LogP contribution in [0.25, 0.3) is 5.69 Å². The maximum Gasteiger partial charge on any atom is 0.274 e. The quantitative estimate of drug-likeness (QED) is 0.501. The standard InChI is InChI=1S/C20H18FN5O3/c21-15-4-6-16(7-5-15)23-10-12-24(13-11-23)20(27)19-8-9-25(22-19)17-2-1-3-18(14-17)26(28)29/h1-9,14H,10-13H2. The summed E-state index contributed by atoms with van der Waals surface area (Å²) in [5, 5.41) is 15.2. The van der Waals surface area contributed by atoms with Crippen LogP contribution < -0.4 is 4.90 Å². The van der Waals surface area contributed by atoms with E-state index in [1.807, 2.05) is 0 Å². The minimum absolute atomic E-state index is 0.0391. The Morgan fingerprint density at radius 3 is 2.41 bits per heavy atom. The van der Waals surface area contributed by atoms with Crippen LogP contribution in [0.15, 0.2) is 60.8 Å². The van der Waals surface area contributed by atoms with Crippen LogP contribution in [-0.2, 0) is 0 Å². The number of anilines is 1. The van der Waals surface area contributed by atoms with Crippen molar-refractivity contribution in [3.8, 4) is 5.69 Å². The van der Waals surface area contributed by atoms with E-state index in [0.29, 0.717) is 31.9 Å². The summed E-state index contributed by atoms with van der Waals surface area (Å²) in [5.41, 5.74) is 1.68. The molecule has 0 unspecified atom stereocenters. The number of hydrogen-bond donors (Lipinski definition) is 0. The largest absolute Gasteiger partial charge is 0.368 e. The maximum atomic E-state index is 13.1. The van der Waals surface area contributed by atoms with E-state index in [4.69, 9.17) is 0 Å². The van der Waals surface area contributed by atoms with Crippen molar-refractivity contribution in [2.45, 2.75) is 0 Å². The van der Waals surface area contributed by atoms with Crippen LogP contribution in [0, 0.1) is 15.9 Å². The van der Waals surface area contributed by atoms with Gasteiger partial charge in [-0.15, -0.1) is 0 Å². The lowest BCUT2D eigenvalue weighted by Gasteiger charge is -2.35. The molecular weight excluding hydrogens is 377 g/mol. The Morgan fingerprint density at radius 1 is 1.00 bits per heavy atom. The smallest absolute Gasteiger partial charge is 0.274 e. The molecule has 0 saturated carbocycles. The van der Waals surface area contributed by atoms with Crippen LogP contribution in [0.3, 0.4) is 0 Å². The molecule has 1 aromatic heterocycles.